The molecule has 1 aromatic carbocycles. The van der Waals surface area contributed by atoms with Gasteiger partial charge in [0.25, 0.3) is 5.91 Å². The second kappa shape index (κ2) is 6.85. The molecule has 0 aliphatic heterocycles. The molecule has 0 unspecified atom stereocenters. The summed E-state index contributed by atoms with van der Waals surface area (Å²) in [7, 11) is 1.47. The Labute approximate surface area is 129 Å². The highest BCUT2D eigenvalue weighted by molar-refractivity contribution is 9.10. The Morgan fingerprint density at radius 3 is 2.90 bits per heavy atom. The summed E-state index contributed by atoms with van der Waals surface area (Å²) < 4.78 is 5.64. The molecule has 1 amide bonds. The number of aromatic nitrogens is 1. The van der Waals surface area contributed by atoms with Crippen LogP contribution >= 0.6 is 15.9 Å². The molecular weight excluding hydrogens is 338 g/mol. The first kappa shape index (κ1) is 15.0. The Morgan fingerprint density at radius 1 is 1.43 bits per heavy atom. The van der Waals surface area contributed by atoms with Crippen molar-refractivity contribution in [2.24, 2.45) is 5.10 Å². The summed E-state index contributed by atoms with van der Waals surface area (Å²) in [6.07, 6.45) is 4.44. The van der Waals surface area contributed by atoms with Crippen LogP contribution in [0.2, 0.25) is 0 Å². The third kappa shape index (κ3) is 4.03. The summed E-state index contributed by atoms with van der Waals surface area (Å²) in [4.78, 5) is 15.7. The van der Waals surface area contributed by atoms with Crippen LogP contribution < -0.4 is 10.2 Å². The number of hydrogen-bond donors (Lipinski definition) is 2. The number of halogens is 1. The topological polar surface area (TPSA) is 83.8 Å². The molecule has 0 atom stereocenters. The van der Waals surface area contributed by atoms with Crippen molar-refractivity contribution < 1.29 is 14.6 Å². The van der Waals surface area contributed by atoms with Gasteiger partial charge in [0.1, 0.15) is 0 Å². The van der Waals surface area contributed by atoms with E-state index in [1.54, 1.807) is 24.4 Å². The quantitative estimate of drug-likeness (QED) is 0.655. The Balaban J connectivity index is 2.02. The smallest absolute Gasteiger partial charge is 0.272 e. The predicted octanol–water partition coefficient (Wildman–Crippen LogP) is 2.32. The zero-order chi connectivity index (χ0) is 15.2. The number of methoxy groups -OCH3 is 1. The molecule has 0 spiro atoms. The number of carbonyl (C=O) groups is 1. The highest BCUT2D eigenvalue weighted by atomic mass is 79.9. The minimum absolute atomic E-state index is 0.00367. The maximum absolute atomic E-state index is 11.8. The minimum Gasteiger partial charge on any atom is -0.504 e. The van der Waals surface area contributed by atoms with Crippen LogP contribution in [0.4, 0.5) is 0 Å². The fraction of sp³-hybridized carbons (Fsp3) is 0.0714. The van der Waals surface area contributed by atoms with E-state index in [0.29, 0.717) is 21.3 Å². The van der Waals surface area contributed by atoms with Crippen molar-refractivity contribution in [3.05, 3.63) is 52.3 Å². The zero-order valence-electron chi connectivity index (χ0n) is 11.1. The number of nitrogens with zero attached hydrogens (tertiary/aromatic N) is 2. The summed E-state index contributed by atoms with van der Waals surface area (Å²) >= 11 is 3.24. The van der Waals surface area contributed by atoms with Gasteiger partial charge in [0.05, 0.1) is 18.9 Å². The van der Waals surface area contributed by atoms with Gasteiger partial charge in [0.15, 0.2) is 11.5 Å². The van der Waals surface area contributed by atoms with Crippen LogP contribution in [0.15, 0.2) is 46.2 Å². The Hall–Kier alpha value is -2.41. The van der Waals surface area contributed by atoms with Crippen LogP contribution in [-0.2, 0) is 0 Å². The summed E-state index contributed by atoms with van der Waals surface area (Å²) in [5.41, 5.74) is 3.39. The van der Waals surface area contributed by atoms with E-state index < -0.39 is 0 Å². The van der Waals surface area contributed by atoms with Gasteiger partial charge in [-0.3, -0.25) is 9.78 Å². The second-order valence-corrected chi connectivity index (χ2v) is 4.94. The first-order valence-corrected chi connectivity index (χ1v) is 6.70. The maximum Gasteiger partial charge on any atom is 0.272 e. The third-order valence-corrected chi connectivity index (χ3v) is 2.98. The van der Waals surface area contributed by atoms with Gasteiger partial charge in [0, 0.05) is 16.9 Å². The van der Waals surface area contributed by atoms with E-state index in [1.807, 2.05) is 0 Å². The number of rotatable bonds is 4. The molecule has 21 heavy (non-hydrogen) atoms. The number of ether oxygens (including phenoxy) is 1. The van der Waals surface area contributed by atoms with Gasteiger partial charge in [-0.15, -0.1) is 0 Å². The first-order valence-electron chi connectivity index (χ1n) is 5.91. The van der Waals surface area contributed by atoms with Gasteiger partial charge in [-0.1, -0.05) is 0 Å². The molecule has 0 saturated heterocycles. The molecule has 0 aliphatic carbocycles. The number of carbonyl (C=O) groups excluding carboxylic acids is 1. The Kier molecular flexibility index (Phi) is 4.89. The van der Waals surface area contributed by atoms with Crippen LogP contribution in [0, 0.1) is 0 Å². The molecule has 0 radical (unpaired) electrons. The summed E-state index contributed by atoms with van der Waals surface area (Å²) in [5.74, 6) is -0.00172. The lowest BCUT2D eigenvalue weighted by atomic mass is 10.2. The van der Waals surface area contributed by atoms with Crippen molar-refractivity contribution in [1.82, 2.24) is 10.4 Å². The van der Waals surface area contributed by atoms with Gasteiger partial charge in [-0.2, -0.15) is 5.10 Å². The normalized spacial score (nSPS) is 10.6. The van der Waals surface area contributed by atoms with Crippen LogP contribution in [0.1, 0.15) is 15.9 Å². The van der Waals surface area contributed by atoms with Crippen LogP contribution in [-0.4, -0.2) is 29.3 Å². The van der Waals surface area contributed by atoms with Gasteiger partial charge in [-0.25, -0.2) is 5.43 Å². The van der Waals surface area contributed by atoms with Gasteiger partial charge in [0.2, 0.25) is 0 Å². The maximum atomic E-state index is 11.8. The fourth-order valence-electron chi connectivity index (χ4n) is 1.55. The van der Waals surface area contributed by atoms with Gasteiger partial charge < -0.3 is 9.84 Å². The second-order valence-electron chi connectivity index (χ2n) is 4.02. The van der Waals surface area contributed by atoms with E-state index in [9.17, 15) is 9.90 Å². The lowest BCUT2D eigenvalue weighted by Crippen LogP contribution is -2.17. The van der Waals surface area contributed by atoms with E-state index in [1.165, 1.54) is 25.6 Å². The summed E-state index contributed by atoms with van der Waals surface area (Å²) in [5, 5.41) is 13.4. The number of benzene rings is 1. The monoisotopic (exact) mass is 349 g/mol. The molecule has 2 N–H and O–H groups in total. The fourth-order valence-corrected chi connectivity index (χ4v) is 1.92. The first-order chi connectivity index (χ1) is 10.1. The highest BCUT2D eigenvalue weighted by Crippen LogP contribution is 2.25. The molecule has 0 bridgehead atoms. The molecule has 6 nitrogen and oxygen atoms in total. The predicted molar refractivity (Wildman–Crippen MR) is 81.7 cm³/mol. The number of hydrogen-bond acceptors (Lipinski definition) is 5. The SMILES string of the molecule is COc1ccc(/C=N\NC(=O)c2cncc(Br)c2)cc1O. The van der Waals surface area contributed by atoms with E-state index >= 15 is 0 Å². The van der Waals surface area contributed by atoms with Crippen molar-refractivity contribution in [1.29, 1.82) is 0 Å². The van der Waals surface area contributed by atoms with Crippen molar-refractivity contribution in [3.8, 4) is 11.5 Å². The van der Waals surface area contributed by atoms with Crippen LogP contribution in [0.5, 0.6) is 11.5 Å². The largest absolute Gasteiger partial charge is 0.504 e. The highest BCUT2D eigenvalue weighted by Gasteiger charge is 2.05. The lowest BCUT2D eigenvalue weighted by Gasteiger charge is -2.03. The van der Waals surface area contributed by atoms with E-state index in [0.717, 1.165) is 0 Å². The van der Waals surface area contributed by atoms with Crippen molar-refractivity contribution >= 4 is 28.1 Å². The van der Waals surface area contributed by atoms with Crippen molar-refractivity contribution in [2.75, 3.05) is 7.11 Å². The molecule has 2 rings (SSSR count). The molecule has 0 aliphatic rings. The number of nitrogens with one attached hydrogen (secondary N) is 1. The minimum atomic E-state index is -0.377. The van der Waals surface area contributed by atoms with E-state index in [4.69, 9.17) is 4.74 Å². The number of pyridine rings is 1. The molecule has 1 heterocycles. The van der Waals surface area contributed by atoms with Crippen molar-refractivity contribution in [3.63, 3.8) is 0 Å². The molecule has 0 saturated carbocycles. The van der Waals surface area contributed by atoms with Crippen LogP contribution in [0.25, 0.3) is 0 Å². The molecule has 108 valence electrons. The molecule has 0 fully saturated rings. The molecule has 1 aromatic heterocycles. The number of phenolic OH excluding ortho intramolecular Hbond substituents is 1. The Morgan fingerprint density at radius 2 is 2.24 bits per heavy atom. The number of aromatic hydroxyl groups is 1. The van der Waals surface area contributed by atoms with Gasteiger partial charge in [-0.05, 0) is 45.8 Å². The number of amides is 1. The molecular formula is C14H12BrN3O3. The summed E-state index contributed by atoms with van der Waals surface area (Å²) in [6.45, 7) is 0. The van der Waals surface area contributed by atoms with Gasteiger partial charge >= 0.3 is 0 Å². The Bertz CT molecular complexity index is 689. The summed E-state index contributed by atoms with van der Waals surface area (Å²) in [6, 6.07) is 6.43. The molecule has 7 heteroatoms. The number of hydrazone groups is 1. The van der Waals surface area contributed by atoms with Crippen LogP contribution in [0.3, 0.4) is 0 Å². The zero-order valence-corrected chi connectivity index (χ0v) is 12.7. The molecule has 2 aromatic rings. The standard InChI is InChI=1S/C14H12BrN3O3/c1-21-13-3-2-9(4-12(13)19)6-17-18-14(20)10-5-11(15)8-16-7-10/h2-8,19H,1H3,(H,18,20)/b17-6-. The average molecular weight is 350 g/mol. The average Bonchev–Trinajstić information content (AvgIpc) is 2.47. The van der Waals surface area contributed by atoms with E-state index in [2.05, 4.69) is 31.4 Å². The third-order valence-electron chi connectivity index (χ3n) is 2.55. The number of phenols is 1. The van der Waals surface area contributed by atoms with E-state index in [-0.39, 0.29) is 11.7 Å². The van der Waals surface area contributed by atoms with Crippen molar-refractivity contribution in [2.45, 2.75) is 0 Å². The lowest BCUT2D eigenvalue weighted by molar-refractivity contribution is 0.0954.